The minimum absolute atomic E-state index is 0.0508. The molecule has 12 rings (SSSR count). The van der Waals surface area contributed by atoms with Crippen molar-refractivity contribution in [2.45, 2.75) is 6.18 Å². The molecular formula is C70H30F3N11. The Balaban J connectivity index is 1.21. The molecule has 0 unspecified atom stereocenters. The number of aromatic nitrogens is 2. The Labute approximate surface area is 477 Å². The smallest absolute Gasteiger partial charge is 0.308 e. The van der Waals surface area contributed by atoms with E-state index in [4.69, 9.17) is 26.3 Å². The first-order chi connectivity index (χ1) is 40.8. The van der Waals surface area contributed by atoms with Gasteiger partial charge in [-0.2, -0.15) is 39.5 Å². The third-order valence-corrected chi connectivity index (χ3v) is 15.0. The first-order valence-corrected chi connectivity index (χ1v) is 25.5. The van der Waals surface area contributed by atoms with E-state index in [1.54, 1.807) is 91.0 Å². The summed E-state index contributed by atoms with van der Waals surface area (Å²) >= 11 is 0. The fourth-order valence-corrected chi connectivity index (χ4v) is 11.2. The van der Waals surface area contributed by atoms with Crippen LogP contribution in [0.2, 0.25) is 0 Å². The lowest BCUT2D eigenvalue weighted by Crippen LogP contribution is -2.09. The van der Waals surface area contributed by atoms with Gasteiger partial charge in [0, 0.05) is 32.7 Å². The standard InChI is InChI=1S/C70H30F3N11/c1-79-49-15-19-52(48(27-49)38-77)43-12-22-65-57(29-43)59-31-45(55-20-16-50(80-2)34-63(55)82-4)14-24-67(59)84(65)69-33-46(53-7-5-6-8-61(53)70(71,72)73)32-68(60(69)39-78)83-64-21-11-42(51-17-9-40(35-74)25-47(51)37-76)28-56(64)58-30-44(13-23-66(58)83)54-18-10-41(36-75)26-62(54)81-3/h5-34H. The summed E-state index contributed by atoms with van der Waals surface area (Å²) in [6, 6.07) is 60.5. The summed E-state index contributed by atoms with van der Waals surface area (Å²) in [6.45, 7) is 31.3. The molecule has 14 heteroatoms. The molecule has 0 atom stereocenters. The molecule has 0 saturated carbocycles. The van der Waals surface area contributed by atoms with E-state index in [1.807, 2.05) is 51.6 Å². The third-order valence-electron chi connectivity index (χ3n) is 15.0. The van der Waals surface area contributed by atoms with Crippen LogP contribution >= 0.6 is 0 Å². The van der Waals surface area contributed by atoms with Crippen LogP contribution in [-0.4, -0.2) is 9.13 Å². The maximum Gasteiger partial charge on any atom is 0.417 e. The summed E-state index contributed by atoms with van der Waals surface area (Å²) in [6.07, 6.45) is -4.82. The van der Waals surface area contributed by atoms with Crippen molar-refractivity contribution in [3.05, 3.63) is 261 Å². The van der Waals surface area contributed by atoms with E-state index in [2.05, 4.69) is 49.7 Å². The SMILES string of the molecule is [C-]#[N+]c1ccc(-c2ccc3c(c2)c2cc(-c4ccc([N+]#[C-])cc4[N+]#[C-])ccc2n3-c2cc(-c3ccccc3C(F)(F)F)cc(-n3c4ccc(-c5ccc(C#N)cc5C#N)cc4c4cc(-c5ccc(C#N)cc5[N+]#[C-])ccc43)c2C#N)c(C#N)c1. The Morgan fingerprint density at radius 3 is 1.23 bits per heavy atom. The van der Waals surface area contributed by atoms with E-state index in [1.165, 1.54) is 42.5 Å². The second kappa shape index (κ2) is 20.3. The predicted octanol–water partition coefficient (Wildman–Crippen LogP) is 18.8. The highest BCUT2D eigenvalue weighted by atomic mass is 19.4. The third kappa shape index (κ3) is 8.48. The zero-order valence-electron chi connectivity index (χ0n) is 43.4. The molecular weight excluding hydrogens is 1050 g/mol. The summed E-state index contributed by atoms with van der Waals surface area (Å²) in [5.74, 6) is 0. The molecule has 2 aromatic heterocycles. The molecule has 0 aliphatic rings. The number of halogens is 3. The van der Waals surface area contributed by atoms with Crippen molar-refractivity contribution in [3.63, 3.8) is 0 Å². The molecule has 11 nitrogen and oxygen atoms in total. The molecule has 0 fully saturated rings. The van der Waals surface area contributed by atoms with Crippen LogP contribution in [0.1, 0.15) is 33.4 Å². The van der Waals surface area contributed by atoms with Crippen molar-refractivity contribution >= 4 is 66.4 Å². The highest BCUT2D eigenvalue weighted by molar-refractivity contribution is 6.14. The molecule has 0 aliphatic heterocycles. The summed E-state index contributed by atoms with van der Waals surface area (Å²) in [5.41, 5.74) is 8.13. The highest BCUT2D eigenvalue weighted by Crippen LogP contribution is 2.47. The van der Waals surface area contributed by atoms with Gasteiger partial charge in [0.15, 0.2) is 22.7 Å². The molecule has 0 spiro atoms. The summed E-state index contributed by atoms with van der Waals surface area (Å²) < 4.78 is 49.7. The average molecular weight is 1080 g/mol. The van der Waals surface area contributed by atoms with E-state index in [0.29, 0.717) is 93.7 Å². The Kier molecular flexibility index (Phi) is 12.5. The lowest BCUT2D eigenvalue weighted by molar-refractivity contribution is -0.137. The average Bonchev–Trinajstić information content (AvgIpc) is 1.75. The Morgan fingerprint density at radius 2 is 0.774 bits per heavy atom. The van der Waals surface area contributed by atoms with E-state index < -0.39 is 11.7 Å². The number of nitriles is 5. The normalized spacial score (nSPS) is 10.9. The largest absolute Gasteiger partial charge is 0.417 e. The molecule has 0 aliphatic carbocycles. The fraction of sp³-hybridized carbons (Fsp3) is 0.0143. The second-order valence-electron chi connectivity index (χ2n) is 19.5. The Hall–Kier alpha value is -13.0. The van der Waals surface area contributed by atoms with Crippen LogP contribution < -0.4 is 0 Å². The topological polar surface area (TPSA) is 146 Å². The van der Waals surface area contributed by atoms with Gasteiger partial charge in [0.25, 0.3) is 0 Å². The van der Waals surface area contributed by atoms with E-state index in [0.717, 1.165) is 6.07 Å². The first kappa shape index (κ1) is 51.7. The van der Waals surface area contributed by atoms with Gasteiger partial charge in [0.1, 0.15) is 11.6 Å². The fourth-order valence-electron chi connectivity index (χ4n) is 11.2. The number of alkyl halides is 3. The van der Waals surface area contributed by atoms with Crippen LogP contribution in [0, 0.1) is 82.9 Å². The zero-order chi connectivity index (χ0) is 58.6. The first-order valence-electron chi connectivity index (χ1n) is 25.5. The minimum atomic E-state index is -4.82. The number of rotatable bonds is 7. The van der Waals surface area contributed by atoms with Crippen LogP contribution in [0.5, 0.6) is 0 Å². The van der Waals surface area contributed by atoms with E-state index in [9.17, 15) is 26.3 Å². The van der Waals surface area contributed by atoms with Gasteiger partial charge >= 0.3 is 6.18 Å². The molecule has 2 heterocycles. The number of fused-ring (bicyclic) bond motifs is 6. The van der Waals surface area contributed by atoms with Crippen molar-refractivity contribution in [1.82, 2.24) is 9.13 Å². The molecule has 0 N–H and O–H groups in total. The molecule has 0 radical (unpaired) electrons. The van der Waals surface area contributed by atoms with Crippen LogP contribution in [0.3, 0.4) is 0 Å². The monoisotopic (exact) mass is 1080 g/mol. The van der Waals surface area contributed by atoms with Gasteiger partial charge in [-0.3, -0.25) is 0 Å². The molecule has 0 bridgehead atoms. The van der Waals surface area contributed by atoms with Gasteiger partial charge in [0.2, 0.25) is 0 Å². The van der Waals surface area contributed by atoms with Crippen molar-refractivity contribution in [2.24, 2.45) is 0 Å². The molecule has 84 heavy (non-hydrogen) atoms. The van der Waals surface area contributed by atoms with Gasteiger partial charge in [-0.1, -0.05) is 84.9 Å². The van der Waals surface area contributed by atoms with Crippen molar-refractivity contribution in [1.29, 1.82) is 26.3 Å². The van der Waals surface area contributed by atoms with E-state index in [-0.39, 0.29) is 67.5 Å². The Bertz CT molecular complexity index is 4760. The van der Waals surface area contributed by atoms with Crippen molar-refractivity contribution < 1.29 is 13.2 Å². The number of nitrogens with zero attached hydrogens (tertiary/aromatic N) is 11. The molecule has 10 aromatic carbocycles. The quantitative estimate of drug-likeness (QED) is 0.146. The van der Waals surface area contributed by atoms with Gasteiger partial charge in [-0.05, 0) is 153 Å². The van der Waals surface area contributed by atoms with Crippen molar-refractivity contribution in [3.8, 4) is 97.4 Å². The van der Waals surface area contributed by atoms with Crippen LogP contribution in [0.25, 0.3) is 130 Å². The summed E-state index contributed by atoms with van der Waals surface area (Å²) in [5, 5.41) is 54.4. The van der Waals surface area contributed by atoms with Gasteiger partial charge in [0.05, 0.1) is 101 Å². The van der Waals surface area contributed by atoms with Crippen LogP contribution in [0.4, 0.5) is 35.9 Å². The highest BCUT2D eigenvalue weighted by Gasteiger charge is 2.34. The molecule has 0 saturated heterocycles. The predicted molar refractivity (Wildman–Crippen MR) is 316 cm³/mol. The maximum absolute atomic E-state index is 15.4. The molecule has 386 valence electrons. The number of hydrogen-bond donors (Lipinski definition) is 0. The summed E-state index contributed by atoms with van der Waals surface area (Å²) in [7, 11) is 0. The second-order valence-corrected chi connectivity index (χ2v) is 19.5. The van der Waals surface area contributed by atoms with Gasteiger partial charge < -0.3 is 9.13 Å². The zero-order valence-corrected chi connectivity index (χ0v) is 43.4. The Morgan fingerprint density at radius 1 is 0.357 bits per heavy atom. The number of hydrogen-bond acceptors (Lipinski definition) is 5. The lowest BCUT2D eigenvalue weighted by atomic mass is 9.95. The lowest BCUT2D eigenvalue weighted by Gasteiger charge is -2.20. The molecule has 12 aromatic rings. The van der Waals surface area contributed by atoms with Crippen molar-refractivity contribution in [2.75, 3.05) is 0 Å². The van der Waals surface area contributed by atoms with Crippen LogP contribution in [-0.2, 0) is 6.18 Å². The van der Waals surface area contributed by atoms with Gasteiger partial charge in [-0.25, -0.2) is 19.4 Å². The molecule has 0 amide bonds. The minimum Gasteiger partial charge on any atom is -0.308 e. The van der Waals surface area contributed by atoms with Gasteiger partial charge in [-0.15, -0.1) is 0 Å². The van der Waals surface area contributed by atoms with E-state index >= 15 is 13.2 Å². The van der Waals surface area contributed by atoms with Crippen LogP contribution in [0.15, 0.2) is 182 Å². The number of benzene rings is 10. The summed E-state index contributed by atoms with van der Waals surface area (Å²) in [4.78, 5) is 14.5. The maximum atomic E-state index is 15.4.